The monoisotopic (exact) mass is 282 g/mol. The molecule has 0 bridgehead atoms. The van der Waals surface area contributed by atoms with Crippen molar-refractivity contribution in [3.8, 4) is 11.8 Å². The van der Waals surface area contributed by atoms with Crippen molar-refractivity contribution in [3.05, 3.63) is 59.4 Å². The second kappa shape index (κ2) is 5.84. The molecule has 0 saturated carbocycles. The average Bonchev–Trinajstić information content (AvgIpc) is 2.72. The van der Waals surface area contributed by atoms with E-state index in [0.29, 0.717) is 18.7 Å². The molecule has 4 heteroatoms. The number of ether oxygens (including phenoxy) is 1. The third kappa shape index (κ3) is 2.68. The summed E-state index contributed by atoms with van der Waals surface area (Å²) in [5.41, 5.74) is 1.59. The number of fused-ring (bicyclic) bond motifs is 1. The van der Waals surface area contributed by atoms with Crippen molar-refractivity contribution in [2.75, 3.05) is 18.1 Å². The Kier molecular flexibility index (Phi) is 3.74. The zero-order valence-electron chi connectivity index (χ0n) is 11.6. The Morgan fingerprint density at radius 2 is 2.05 bits per heavy atom. The maximum absolute atomic E-state index is 14.2. The molecule has 2 aromatic carbocycles. The highest BCUT2D eigenvalue weighted by Crippen LogP contribution is 2.31. The molecule has 0 atom stereocenters. The van der Waals surface area contributed by atoms with E-state index in [1.54, 1.807) is 12.1 Å². The molecule has 0 spiro atoms. The first-order chi connectivity index (χ1) is 10.3. The fraction of sp³-hybridized carbons (Fsp3) is 0.235. The van der Waals surface area contributed by atoms with Gasteiger partial charge in [-0.05, 0) is 24.6 Å². The highest BCUT2D eigenvalue weighted by molar-refractivity contribution is 5.59. The maximum atomic E-state index is 14.2. The molecule has 3 nitrogen and oxygen atoms in total. The van der Waals surface area contributed by atoms with E-state index in [4.69, 9.17) is 10.00 Å². The van der Waals surface area contributed by atoms with E-state index in [1.807, 2.05) is 30.3 Å². The van der Waals surface area contributed by atoms with E-state index in [-0.39, 0.29) is 5.56 Å². The number of para-hydroxylation sites is 2. The number of halogens is 1. The van der Waals surface area contributed by atoms with Crippen LogP contribution >= 0.6 is 0 Å². The Morgan fingerprint density at radius 3 is 2.90 bits per heavy atom. The fourth-order valence-corrected chi connectivity index (χ4v) is 2.56. The van der Waals surface area contributed by atoms with Gasteiger partial charge in [0.2, 0.25) is 0 Å². The van der Waals surface area contributed by atoms with Crippen molar-refractivity contribution in [1.82, 2.24) is 0 Å². The van der Waals surface area contributed by atoms with Gasteiger partial charge in [0.1, 0.15) is 17.6 Å². The van der Waals surface area contributed by atoms with Crippen LogP contribution in [0.15, 0.2) is 42.5 Å². The number of anilines is 1. The maximum Gasteiger partial charge on any atom is 0.145 e. The first-order valence-electron chi connectivity index (χ1n) is 6.94. The Bertz CT molecular complexity index is 693. The van der Waals surface area contributed by atoms with Gasteiger partial charge >= 0.3 is 0 Å². The van der Waals surface area contributed by atoms with Crippen LogP contribution in [0.4, 0.5) is 10.1 Å². The SMILES string of the molecule is N#Cc1cccc(CN2CCCOc3ccccc32)c1F. The lowest BCUT2D eigenvalue weighted by molar-refractivity contribution is 0.322. The molecule has 2 aromatic rings. The number of nitrogens with zero attached hydrogens (tertiary/aromatic N) is 2. The van der Waals surface area contributed by atoms with E-state index in [1.165, 1.54) is 6.07 Å². The summed E-state index contributed by atoms with van der Waals surface area (Å²) in [6.45, 7) is 1.89. The first kappa shape index (κ1) is 13.4. The normalized spacial score (nSPS) is 13.8. The summed E-state index contributed by atoms with van der Waals surface area (Å²) >= 11 is 0. The van der Waals surface area contributed by atoms with Crippen LogP contribution in [0.2, 0.25) is 0 Å². The standard InChI is InChI=1S/C17H15FN2O/c18-17-13(11-19)5-3-6-14(17)12-20-9-4-10-21-16-8-2-1-7-15(16)20/h1-3,5-8H,4,9-10,12H2. The van der Waals surface area contributed by atoms with Crippen LogP contribution in [-0.2, 0) is 6.54 Å². The number of nitriles is 1. The van der Waals surface area contributed by atoms with Crippen molar-refractivity contribution < 1.29 is 9.13 Å². The topological polar surface area (TPSA) is 36.3 Å². The quantitative estimate of drug-likeness (QED) is 0.846. The van der Waals surface area contributed by atoms with Crippen LogP contribution in [0.3, 0.4) is 0 Å². The second-order valence-electron chi connectivity index (χ2n) is 4.98. The summed E-state index contributed by atoms with van der Waals surface area (Å²) in [4.78, 5) is 2.10. The summed E-state index contributed by atoms with van der Waals surface area (Å²) in [5, 5.41) is 8.93. The minimum absolute atomic E-state index is 0.0897. The van der Waals surface area contributed by atoms with E-state index in [0.717, 1.165) is 24.4 Å². The lowest BCUT2D eigenvalue weighted by Gasteiger charge is -2.24. The molecule has 21 heavy (non-hydrogen) atoms. The Hall–Kier alpha value is -2.54. The third-order valence-corrected chi connectivity index (χ3v) is 3.60. The van der Waals surface area contributed by atoms with Crippen molar-refractivity contribution in [2.45, 2.75) is 13.0 Å². The molecule has 1 aliphatic heterocycles. The zero-order valence-corrected chi connectivity index (χ0v) is 11.6. The van der Waals surface area contributed by atoms with Crippen LogP contribution in [0.25, 0.3) is 0 Å². The van der Waals surface area contributed by atoms with Gasteiger partial charge in [-0.3, -0.25) is 0 Å². The Labute approximate surface area is 123 Å². The number of hydrogen-bond acceptors (Lipinski definition) is 3. The van der Waals surface area contributed by atoms with Gasteiger partial charge in [0.15, 0.2) is 0 Å². The molecular weight excluding hydrogens is 267 g/mol. The highest BCUT2D eigenvalue weighted by atomic mass is 19.1. The molecule has 0 radical (unpaired) electrons. The van der Waals surface area contributed by atoms with Gasteiger partial charge in [-0.25, -0.2) is 4.39 Å². The summed E-state index contributed by atoms with van der Waals surface area (Å²) < 4.78 is 19.9. The lowest BCUT2D eigenvalue weighted by atomic mass is 10.1. The van der Waals surface area contributed by atoms with Crippen molar-refractivity contribution in [3.63, 3.8) is 0 Å². The van der Waals surface area contributed by atoms with Gasteiger partial charge < -0.3 is 9.64 Å². The molecule has 0 amide bonds. The van der Waals surface area contributed by atoms with E-state index in [2.05, 4.69) is 4.90 Å². The smallest absolute Gasteiger partial charge is 0.145 e. The number of hydrogen-bond donors (Lipinski definition) is 0. The molecule has 106 valence electrons. The van der Waals surface area contributed by atoms with Crippen molar-refractivity contribution >= 4 is 5.69 Å². The average molecular weight is 282 g/mol. The molecule has 0 fully saturated rings. The van der Waals surface area contributed by atoms with Gasteiger partial charge in [-0.1, -0.05) is 24.3 Å². The number of rotatable bonds is 2. The van der Waals surface area contributed by atoms with Gasteiger partial charge in [0.25, 0.3) is 0 Å². The van der Waals surface area contributed by atoms with Crippen molar-refractivity contribution in [1.29, 1.82) is 5.26 Å². The minimum Gasteiger partial charge on any atom is -0.491 e. The van der Waals surface area contributed by atoms with E-state index in [9.17, 15) is 4.39 Å². The summed E-state index contributed by atoms with van der Waals surface area (Å²) in [6.07, 6.45) is 0.883. The zero-order chi connectivity index (χ0) is 14.7. The predicted octanol–water partition coefficient (Wildman–Crippen LogP) is 3.49. The minimum atomic E-state index is -0.428. The predicted molar refractivity (Wildman–Crippen MR) is 78.7 cm³/mol. The van der Waals surface area contributed by atoms with Gasteiger partial charge in [0, 0.05) is 18.7 Å². The number of benzene rings is 2. The second-order valence-corrected chi connectivity index (χ2v) is 4.98. The molecule has 1 heterocycles. The van der Waals surface area contributed by atoms with E-state index >= 15 is 0 Å². The van der Waals surface area contributed by atoms with Crippen molar-refractivity contribution in [2.24, 2.45) is 0 Å². The van der Waals surface area contributed by atoms with Crippen LogP contribution in [0.5, 0.6) is 5.75 Å². The Balaban J connectivity index is 1.94. The van der Waals surface area contributed by atoms with Crippen LogP contribution in [0.1, 0.15) is 17.5 Å². The summed E-state index contributed by atoms with van der Waals surface area (Å²) in [7, 11) is 0. The van der Waals surface area contributed by atoms with Crippen LogP contribution < -0.4 is 9.64 Å². The molecule has 0 unspecified atom stereocenters. The molecule has 0 aliphatic carbocycles. The van der Waals surface area contributed by atoms with Crippen LogP contribution in [0, 0.1) is 17.1 Å². The molecule has 0 saturated heterocycles. The first-order valence-corrected chi connectivity index (χ1v) is 6.94. The third-order valence-electron chi connectivity index (χ3n) is 3.60. The molecular formula is C17H15FN2O. The molecule has 3 rings (SSSR count). The van der Waals surface area contributed by atoms with Gasteiger partial charge in [-0.2, -0.15) is 5.26 Å². The van der Waals surface area contributed by atoms with Gasteiger partial charge in [0.05, 0.1) is 17.9 Å². The van der Waals surface area contributed by atoms with Gasteiger partial charge in [-0.15, -0.1) is 0 Å². The molecule has 0 N–H and O–H groups in total. The van der Waals surface area contributed by atoms with Crippen LogP contribution in [-0.4, -0.2) is 13.2 Å². The molecule has 0 aromatic heterocycles. The highest BCUT2D eigenvalue weighted by Gasteiger charge is 2.18. The largest absolute Gasteiger partial charge is 0.491 e. The fourth-order valence-electron chi connectivity index (χ4n) is 2.56. The van der Waals surface area contributed by atoms with E-state index < -0.39 is 5.82 Å². The summed E-state index contributed by atoms with van der Waals surface area (Å²) in [5.74, 6) is 0.398. The Morgan fingerprint density at radius 1 is 1.19 bits per heavy atom. The lowest BCUT2D eigenvalue weighted by Crippen LogP contribution is -2.24. The molecule has 1 aliphatic rings. The summed E-state index contributed by atoms with van der Waals surface area (Å²) in [6, 6.07) is 14.6.